The van der Waals surface area contributed by atoms with Crippen LogP contribution in [0, 0.1) is 17.0 Å². The lowest BCUT2D eigenvalue weighted by atomic mass is 10.2. The van der Waals surface area contributed by atoms with Crippen LogP contribution >= 0.6 is 15.9 Å². The minimum Gasteiger partial charge on any atom is -0.464 e. The number of aromatic nitrogens is 2. The molecule has 0 bridgehead atoms. The number of aryl methyl sites for hydroxylation is 1. The molecule has 0 atom stereocenters. The number of esters is 1. The summed E-state index contributed by atoms with van der Waals surface area (Å²) in [6, 6.07) is 4.49. The lowest BCUT2D eigenvalue weighted by Crippen LogP contribution is -2.13. The number of hydrogen-bond acceptors (Lipinski definition) is 5. The first kappa shape index (κ1) is 15.2. The van der Waals surface area contributed by atoms with Crippen LogP contribution in [0.4, 0.5) is 5.69 Å². The number of nitro groups is 1. The van der Waals surface area contributed by atoms with Gasteiger partial charge in [-0.15, -0.1) is 0 Å². The third-order valence-electron chi connectivity index (χ3n) is 3.03. The topological polar surface area (TPSA) is 87.3 Å². The lowest BCUT2D eigenvalue weighted by molar-refractivity contribution is -0.384. The molecule has 0 aliphatic carbocycles. The smallest absolute Gasteiger partial charge is 0.356 e. The largest absolute Gasteiger partial charge is 0.464 e. The van der Waals surface area contributed by atoms with E-state index < -0.39 is 10.9 Å². The average molecular weight is 354 g/mol. The van der Waals surface area contributed by atoms with Crippen molar-refractivity contribution < 1.29 is 14.5 Å². The minimum atomic E-state index is -0.478. The fraction of sp³-hybridized carbons (Fsp3) is 0.231. The summed E-state index contributed by atoms with van der Waals surface area (Å²) in [5, 5.41) is 10.7. The maximum Gasteiger partial charge on any atom is 0.356 e. The van der Waals surface area contributed by atoms with Crippen LogP contribution in [0.3, 0.4) is 0 Å². The predicted molar refractivity (Wildman–Crippen MR) is 78.2 cm³/mol. The van der Waals surface area contributed by atoms with Gasteiger partial charge in [0.2, 0.25) is 0 Å². The molecular weight excluding hydrogens is 342 g/mol. The number of halogens is 1. The number of carbonyl (C=O) groups excluding carboxylic acids is 1. The van der Waals surface area contributed by atoms with Crippen LogP contribution in [-0.2, 0) is 11.3 Å². The number of nitrogens with zero attached hydrogens (tertiary/aromatic N) is 3. The molecule has 0 saturated carbocycles. The summed E-state index contributed by atoms with van der Waals surface area (Å²) in [5.41, 5.74) is 1.13. The monoisotopic (exact) mass is 353 g/mol. The molecule has 0 radical (unpaired) electrons. The molecular formula is C13H12BrN3O4. The number of non-ortho nitro benzene ring substituents is 1. The zero-order chi connectivity index (χ0) is 15.6. The molecule has 7 nitrogen and oxygen atoms in total. The van der Waals surface area contributed by atoms with Gasteiger partial charge in [-0.1, -0.05) is 15.9 Å². The van der Waals surface area contributed by atoms with Gasteiger partial charge < -0.3 is 9.30 Å². The van der Waals surface area contributed by atoms with Crippen molar-refractivity contribution >= 4 is 27.6 Å². The van der Waals surface area contributed by atoms with Gasteiger partial charge in [0.05, 0.1) is 24.8 Å². The van der Waals surface area contributed by atoms with Crippen molar-refractivity contribution in [1.82, 2.24) is 9.55 Å². The summed E-state index contributed by atoms with van der Waals surface area (Å²) in [6.45, 7) is 2.13. The molecule has 0 N–H and O–H groups in total. The first-order chi connectivity index (χ1) is 9.93. The Kier molecular flexibility index (Phi) is 4.37. The number of nitro benzene ring substituents is 1. The van der Waals surface area contributed by atoms with E-state index in [1.165, 1.54) is 25.4 Å². The minimum absolute atomic E-state index is 0.00108. The Bertz CT molecular complexity index is 711. The zero-order valence-corrected chi connectivity index (χ0v) is 13.0. The molecule has 21 heavy (non-hydrogen) atoms. The van der Waals surface area contributed by atoms with E-state index in [9.17, 15) is 14.9 Å². The SMILES string of the molecule is COC(=O)c1cnc(C)n1Cc1ccc([N+](=O)[O-])cc1Br. The Morgan fingerprint density at radius 1 is 1.52 bits per heavy atom. The zero-order valence-electron chi connectivity index (χ0n) is 11.4. The van der Waals surface area contributed by atoms with Crippen molar-refractivity contribution in [2.24, 2.45) is 0 Å². The molecule has 2 aromatic rings. The Morgan fingerprint density at radius 3 is 2.81 bits per heavy atom. The van der Waals surface area contributed by atoms with E-state index >= 15 is 0 Å². The number of methoxy groups -OCH3 is 1. The molecule has 1 aromatic heterocycles. The van der Waals surface area contributed by atoms with Crippen molar-refractivity contribution in [1.29, 1.82) is 0 Å². The first-order valence-corrected chi connectivity index (χ1v) is 6.76. The van der Waals surface area contributed by atoms with Gasteiger partial charge in [0.15, 0.2) is 0 Å². The van der Waals surface area contributed by atoms with Crippen molar-refractivity contribution in [3.05, 3.63) is 56.1 Å². The third kappa shape index (κ3) is 3.10. The number of ether oxygens (including phenoxy) is 1. The summed E-state index contributed by atoms with van der Waals surface area (Å²) in [4.78, 5) is 26.0. The quantitative estimate of drug-likeness (QED) is 0.479. The first-order valence-electron chi connectivity index (χ1n) is 5.97. The number of carbonyl (C=O) groups is 1. The highest BCUT2D eigenvalue weighted by atomic mass is 79.9. The van der Waals surface area contributed by atoms with E-state index in [0.717, 1.165) is 5.56 Å². The highest BCUT2D eigenvalue weighted by Gasteiger charge is 2.17. The van der Waals surface area contributed by atoms with Crippen molar-refractivity contribution in [3.8, 4) is 0 Å². The highest BCUT2D eigenvalue weighted by molar-refractivity contribution is 9.10. The second-order valence-electron chi connectivity index (χ2n) is 4.30. The molecule has 0 amide bonds. The summed E-state index contributed by atoms with van der Waals surface area (Å²) in [6.07, 6.45) is 1.44. The molecule has 0 aliphatic rings. The van der Waals surface area contributed by atoms with Crippen LogP contribution in [0.1, 0.15) is 21.9 Å². The summed E-state index contributed by atoms with van der Waals surface area (Å²) < 4.78 is 7.00. The van der Waals surface area contributed by atoms with E-state index in [1.54, 1.807) is 17.6 Å². The van der Waals surface area contributed by atoms with Gasteiger partial charge in [-0.05, 0) is 18.6 Å². The number of hydrogen-bond donors (Lipinski definition) is 0. The van der Waals surface area contributed by atoms with Crippen molar-refractivity contribution in [3.63, 3.8) is 0 Å². The second-order valence-corrected chi connectivity index (χ2v) is 5.16. The van der Waals surface area contributed by atoms with Crippen LogP contribution in [0.2, 0.25) is 0 Å². The third-order valence-corrected chi connectivity index (χ3v) is 3.76. The predicted octanol–water partition coefficient (Wildman–Crippen LogP) is 2.70. The molecule has 1 heterocycles. The van der Waals surface area contributed by atoms with Crippen LogP contribution in [0.25, 0.3) is 0 Å². The number of imidazole rings is 1. The van der Waals surface area contributed by atoms with Crippen LogP contribution in [-0.4, -0.2) is 27.6 Å². The van der Waals surface area contributed by atoms with E-state index in [0.29, 0.717) is 22.5 Å². The molecule has 0 fully saturated rings. The average Bonchev–Trinajstić information content (AvgIpc) is 2.81. The lowest BCUT2D eigenvalue weighted by Gasteiger charge is -2.10. The fourth-order valence-corrected chi connectivity index (χ4v) is 2.38. The Morgan fingerprint density at radius 2 is 2.24 bits per heavy atom. The van der Waals surface area contributed by atoms with Gasteiger partial charge in [0.1, 0.15) is 11.5 Å². The van der Waals surface area contributed by atoms with Gasteiger partial charge in [0.25, 0.3) is 5.69 Å². The Balaban J connectivity index is 2.37. The van der Waals surface area contributed by atoms with Gasteiger partial charge in [-0.3, -0.25) is 10.1 Å². The summed E-state index contributed by atoms with van der Waals surface area (Å²) in [5.74, 6) is 0.175. The number of rotatable bonds is 4. The fourth-order valence-electron chi connectivity index (χ4n) is 1.88. The van der Waals surface area contributed by atoms with E-state index in [1.807, 2.05) is 0 Å². The second kappa shape index (κ2) is 6.04. The van der Waals surface area contributed by atoms with E-state index in [4.69, 9.17) is 4.74 Å². The maximum absolute atomic E-state index is 11.7. The van der Waals surface area contributed by atoms with Crippen LogP contribution < -0.4 is 0 Å². The molecule has 0 unspecified atom stereocenters. The Hall–Kier alpha value is -2.22. The molecule has 1 aromatic carbocycles. The molecule has 8 heteroatoms. The van der Waals surface area contributed by atoms with E-state index in [2.05, 4.69) is 20.9 Å². The molecule has 0 saturated heterocycles. The summed E-state index contributed by atoms with van der Waals surface area (Å²) >= 11 is 3.31. The summed E-state index contributed by atoms with van der Waals surface area (Å²) in [7, 11) is 1.30. The van der Waals surface area contributed by atoms with Gasteiger partial charge in [-0.2, -0.15) is 0 Å². The maximum atomic E-state index is 11.7. The highest BCUT2D eigenvalue weighted by Crippen LogP contribution is 2.24. The van der Waals surface area contributed by atoms with Crippen LogP contribution in [0.5, 0.6) is 0 Å². The van der Waals surface area contributed by atoms with Gasteiger partial charge >= 0.3 is 5.97 Å². The molecule has 0 aliphatic heterocycles. The van der Waals surface area contributed by atoms with Crippen molar-refractivity contribution in [2.45, 2.75) is 13.5 Å². The molecule has 110 valence electrons. The van der Waals surface area contributed by atoms with Crippen LogP contribution in [0.15, 0.2) is 28.9 Å². The van der Waals surface area contributed by atoms with E-state index in [-0.39, 0.29) is 5.69 Å². The molecule has 2 rings (SSSR count). The van der Waals surface area contributed by atoms with Gasteiger partial charge in [-0.25, -0.2) is 9.78 Å². The number of benzene rings is 1. The van der Waals surface area contributed by atoms with Crippen molar-refractivity contribution in [2.75, 3.05) is 7.11 Å². The Labute approximate surface area is 128 Å². The molecule has 0 spiro atoms. The normalized spacial score (nSPS) is 10.4. The van der Waals surface area contributed by atoms with Gasteiger partial charge in [0, 0.05) is 16.6 Å². The standard InChI is InChI=1S/C13H12BrN3O4/c1-8-15-6-12(13(18)21-2)16(8)7-9-3-4-10(17(19)20)5-11(9)14/h3-6H,7H2,1-2H3.